The SMILES string of the molecule is CCC1CCCCCN1Cc1oc2ccccc2c1CN. The molecule has 1 unspecified atom stereocenters. The Bertz CT molecular complexity index is 590. The standard InChI is InChI=1S/C18H26N2O/c1-2-14-8-4-3-7-11-20(14)13-18-16(12-19)15-9-5-6-10-17(15)21-18/h5-6,9-10,14H,2-4,7-8,11-13,19H2,1H3. The molecule has 2 heterocycles. The second-order valence-electron chi connectivity index (χ2n) is 6.09. The average molecular weight is 286 g/mol. The Morgan fingerprint density at radius 2 is 2.10 bits per heavy atom. The molecule has 1 aromatic carbocycles. The van der Waals surface area contributed by atoms with Gasteiger partial charge in [-0.15, -0.1) is 0 Å². The molecule has 2 N–H and O–H groups in total. The van der Waals surface area contributed by atoms with Crippen molar-refractivity contribution in [3.63, 3.8) is 0 Å². The summed E-state index contributed by atoms with van der Waals surface area (Å²) in [7, 11) is 0. The van der Waals surface area contributed by atoms with Crippen LogP contribution in [-0.2, 0) is 13.1 Å². The van der Waals surface area contributed by atoms with E-state index in [4.69, 9.17) is 10.2 Å². The van der Waals surface area contributed by atoms with Crippen LogP contribution in [0.5, 0.6) is 0 Å². The van der Waals surface area contributed by atoms with Crippen molar-refractivity contribution in [1.29, 1.82) is 0 Å². The summed E-state index contributed by atoms with van der Waals surface area (Å²) < 4.78 is 6.10. The molecule has 1 aliphatic rings. The van der Waals surface area contributed by atoms with E-state index in [2.05, 4.69) is 24.0 Å². The first-order valence-electron chi connectivity index (χ1n) is 8.27. The molecule has 2 aromatic rings. The van der Waals surface area contributed by atoms with Crippen LogP contribution in [0.25, 0.3) is 11.0 Å². The van der Waals surface area contributed by atoms with Gasteiger partial charge in [-0.25, -0.2) is 0 Å². The summed E-state index contributed by atoms with van der Waals surface area (Å²) in [4.78, 5) is 2.60. The average Bonchev–Trinajstić information content (AvgIpc) is 2.70. The molecule has 0 spiro atoms. The third kappa shape index (κ3) is 2.99. The van der Waals surface area contributed by atoms with E-state index in [9.17, 15) is 0 Å². The highest BCUT2D eigenvalue weighted by molar-refractivity contribution is 5.82. The van der Waals surface area contributed by atoms with Crippen LogP contribution in [0, 0.1) is 0 Å². The second-order valence-corrected chi connectivity index (χ2v) is 6.09. The maximum absolute atomic E-state index is 6.10. The van der Waals surface area contributed by atoms with Gasteiger partial charge in [-0.3, -0.25) is 4.90 Å². The maximum atomic E-state index is 6.10. The lowest BCUT2D eigenvalue weighted by Gasteiger charge is -2.28. The van der Waals surface area contributed by atoms with Crippen LogP contribution >= 0.6 is 0 Å². The van der Waals surface area contributed by atoms with Gasteiger partial charge in [0, 0.05) is 23.5 Å². The lowest BCUT2D eigenvalue weighted by atomic mass is 10.1. The van der Waals surface area contributed by atoms with E-state index in [-0.39, 0.29) is 0 Å². The van der Waals surface area contributed by atoms with Crippen LogP contribution in [0.3, 0.4) is 0 Å². The van der Waals surface area contributed by atoms with E-state index in [1.807, 2.05) is 12.1 Å². The largest absolute Gasteiger partial charge is 0.459 e. The first kappa shape index (κ1) is 14.6. The van der Waals surface area contributed by atoms with Gasteiger partial charge in [0.05, 0.1) is 6.54 Å². The molecule has 1 saturated heterocycles. The quantitative estimate of drug-likeness (QED) is 0.922. The zero-order valence-corrected chi connectivity index (χ0v) is 13.0. The van der Waals surface area contributed by atoms with Gasteiger partial charge in [-0.05, 0) is 31.9 Å². The molecule has 0 saturated carbocycles. The fourth-order valence-corrected chi connectivity index (χ4v) is 3.59. The van der Waals surface area contributed by atoms with Crippen molar-refractivity contribution in [3.05, 3.63) is 35.6 Å². The third-order valence-corrected chi connectivity index (χ3v) is 4.80. The number of fused-ring (bicyclic) bond motifs is 1. The molecule has 3 rings (SSSR count). The van der Waals surface area contributed by atoms with Gasteiger partial charge in [0.2, 0.25) is 0 Å². The number of benzene rings is 1. The summed E-state index contributed by atoms with van der Waals surface area (Å²) in [5.74, 6) is 1.07. The molecule has 0 amide bonds. The molecule has 3 heteroatoms. The van der Waals surface area contributed by atoms with Gasteiger partial charge in [0.25, 0.3) is 0 Å². The van der Waals surface area contributed by atoms with Crippen molar-refractivity contribution in [2.45, 2.75) is 58.2 Å². The van der Waals surface area contributed by atoms with Crippen LogP contribution in [0.2, 0.25) is 0 Å². The van der Waals surface area contributed by atoms with Gasteiger partial charge in [0.15, 0.2) is 0 Å². The molecule has 114 valence electrons. The summed E-state index contributed by atoms with van der Waals surface area (Å²) in [6.07, 6.45) is 6.55. The highest BCUT2D eigenvalue weighted by Crippen LogP contribution is 2.28. The zero-order valence-electron chi connectivity index (χ0n) is 13.0. The smallest absolute Gasteiger partial charge is 0.134 e. The van der Waals surface area contributed by atoms with E-state index in [0.29, 0.717) is 12.6 Å². The van der Waals surface area contributed by atoms with Crippen LogP contribution in [-0.4, -0.2) is 17.5 Å². The van der Waals surface area contributed by atoms with Gasteiger partial charge >= 0.3 is 0 Å². The van der Waals surface area contributed by atoms with Crippen molar-refractivity contribution in [2.24, 2.45) is 5.73 Å². The number of nitrogens with zero attached hydrogens (tertiary/aromatic N) is 1. The topological polar surface area (TPSA) is 42.4 Å². The highest BCUT2D eigenvalue weighted by Gasteiger charge is 2.22. The molecule has 0 bridgehead atoms. The Hall–Kier alpha value is -1.32. The molecular weight excluding hydrogens is 260 g/mol. The summed E-state index contributed by atoms with van der Waals surface area (Å²) in [5, 5.41) is 1.18. The Balaban J connectivity index is 1.89. The minimum atomic E-state index is 0.553. The Kier molecular flexibility index (Phi) is 4.61. The van der Waals surface area contributed by atoms with Gasteiger partial charge < -0.3 is 10.2 Å². The fourth-order valence-electron chi connectivity index (χ4n) is 3.59. The predicted molar refractivity (Wildman–Crippen MR) is 87.1 cm³/mol. The van der Waals surface area contributed by atoms with Crippen LogP contribution in [0.4, 0.5) is 0 Å². The molecular formula is C18H26N2O. The summed E-state index contributed by atoms with van der Waals surface area (Å²) in [5.41, 5.74) is 8.14. The maximum Gasteiger partial charge on any atom is 0.134 e. The van der Waals surface area contributed by atoms with E-state index in [1.165, 1.54) is 49.6 Å². The predicted octanol–water partition coefficient (Wildman–Crippen LogP) is 4.05. The van der Waals surface area contributed by atoms with Crippen LogP contribution < -0.4 is 5.73 Å². The Labute approximate surface area is 127 Å². The minimum Gasteiger partial charge on any atom is -0.459 e. The first-order valence-corrected chi connectivity index (χ1v) is 8.27. The third-order valence-electron chi connectivity index (χ3n) is 4.80. The van der Waals surface area contributed by atoms with Crippen molar-refractivity contribution < 1.29 is 4.42 Å². The number of para-hydroxylation sites is 1. The van der Waals surface area contributed by atoms with E-state index >= 15 is 0 Å². The van der Waals surface area contributed by atoms with Crippen LogP contribution in [0.1, 0.15) is 50.4 Å². The number of hydrogen-bond acceptors (Lipinski definition) is 3. The van der Waals surface area contributed by atoms with Gasteiger partial charge in [0.1, 0.15) is 11.3 Å². The highest BCUT2D eigenvalue weighted by atomic mass is 16.3. The minimum absolute atomic E-state index is 0.553. The monoisotopic (exact) mass is 286 g/mol. The molecule has 0 aliphatic carbocycles. The van der Waals surface area contributed by atoms with E-state index in [1.54, 1.807) is 0 Å². The second kappa shape index (κ2) is 6.63. The number of likely N-dealkylation sites (tertiary alicyclic amines) is 1. The van der Waals surface area contributed by atoms with Crippen LogP contribution in [0.15, 0.2) is 28.7 Å². The molecule has 1 fully saturated rings. The number of rotatable bonds is 4. The molecule has 1 aliphatic heterocycles. The normalized spacial score (nSPS) is 20.8. The zero-order chi connectivity index (χ0) is 14.7. The van der Waals surface area contributed by atoms with Gasteiger partial charge in [-0.2, -0.15) is 0 Å². The number of nitrogens with two attached hydrogens (primary N) is 1. The summed E-state index contributed by atoms with van der Waals surface area (Å²) >= 11 is 0. The molecule has 0 radical (unpaired) electrons. The van der Waals surface area contributed by atoms with E-state index in [0.717, 1.165) is 17.9 Å². The molecule has 1 aromatic heterocycles. The van der Waals surface area contributed by atoms with Crippen molar-refractivity contribution >= 4 is 11.0 Å². The summed E-state index contributed by atoms with van der Waals surface area (Å²) in [6.45, 7) is 4.93. The van der Waals surface area contributed by atoms with E-state index < -0.39 is 0 Å². The van der Waals surface area contributed by atoms with Crippen molar-refractivity contribution in [1.82, 2.24) is 4.90 Å². The lowest BCUT2D eigenvalue weighted by Crippen LogP contribution is -2.34. The molecule has 21 heavy (non-hydrogen) atoms. The number of furan rings is 1. The van der Waals surface area contributed by atoms with Crippen molar-refractivity contribution in [2.75, 3.05) is 6.54 Å². The summed E-state index contributed by atoms with van der Waals surface area (Å²) in [6, 6.07) is 8.92. The van der Waals surface area contributed by atoms with Gasteiger partial charge in [-0.1, -0.05) is 38.0 Å². The fraction of sp³-hybridized carbons (Fsp3) is 0.556. The Morgan fingerprint density at radius 1 is 1.24 bits per heavy atom. The lowest BCUT2D eigenvalue weighted by molar-refractivity contribution is 0.173. The molecule has 1 atom stereocenters. The Morgan fingerprint density at radius 3 is 2.90 bits per heavy atom. The first-order chi connectivity index (χ1) is 10.3. The molecule has 3 nitrogen and oxygen atoms in total. The van der Waals surface area contributed by atoms with Crippen molar-refractivity contribution in [3.8, 4) is 0 Å². The number of hydrogen-bond donors (Lipinski definition) is 1.